The van der Waals surface area contributed by atoms with Gasteiger partial charge in [0.1, 0.15) is 5.00 Å². The van der Waals surface area contributed by atoms with Gasteiger partial charge in [0.15, 0.2) is 0 Å². The predicted molar refractivity (Wildman–Crippen MR) is 58.7 cm³/mol. The number of nitrogens with zero attached hydrogens (tertiary/aromatic N) is 2. The van der Waals surface area contributed by atoms with Gasteiger partial charge >= 0.3 is 0 Å². The molecule has 1 rings (SSSR count). The molecule has 0 saturated carbocycles. The fourth-order valence-corrected chi connectivity index (χ4v) is 1.63. The van der Waals surface area contributed by atoms with Crippen LogP contribution in [0.1, 0.15) is 12.1 Å². The first-order valence-electron chi connectivity index (χ1n) is 4.46. The number of carbonyl (C=O) groups is 1. The Hall–Kier alpha value is -0.940. The van der Waals surface area contributed by atoms with Crippen molar-refractivity contribution in [2.75, 3.05) is 26.0 Å². The monoisotopic (exact) mass is 213 g/mol. The van der Waals surface area contributed by atoms with Crippen LogP contribution in [0.15, 0.2) is 6.07 Å². The molecular formula is C9H15N3OS. The highest BCUT2D eigenvalue weighted by Crippen LogP contribution is 2.15. The molecule has 1 aromatic rings. The summed E-state index contributed by atoms with van der Waals surface area (Å²) in [6, 6.07) is 1.87. The minimum atomic E-state index is 0.0438. The van der Waals surface area contributed by atoms with Crippen LogP contribution in [0.25, 0.3) is 0 Å². The summed E-state index contributed by atoms with van der Waals surface area (Å²) in [5.74, 6) is 0.0438. The number of rotatable bonds is 4. The Labute approximate surface area is 88.1 Å². The second-order valence-corrected chi connectivity index (χ2v) is 4.24. The summed E-state index contributed by atoms with van der Waals surface area (Å²) in [4.78, 5) is 13.4. The van der Waals surface area contributed by atoms with Crippen LogP contribution in [0, 0.1) is 6.92 Å². The Morgan fingerprint density at radius 1 is 1.64 bits per heavy atom. The van der Waals surface area contributed by atoms with E-state index in [2.05, 4.69) is 9.69 Å². The summed E-state index contributed by atoms with van der Waals surface area (Å²) >= 11 is 1.32. The normalized spacial score (nSPS) is 10.6. The highest BCUT2D eigenvalue weighted by Gasteiger charge is 2.04. The quantitative estimate of drug-likeness (QED) is 0.821. The van der Waals surface area contributed by atoms with E-state index in [-0.39, 0.29) is 5.91 Å². The lowest BCUT2D eigenvalue weighted by atomic mass is 10.4. The zero-order valence-corrected chi connectivity index (χ0v) is 9.52. The Bertz CT molecular complexity index is 309. The molecule has 0 atom stereocenters. The molecule has 1 N–H and O–H groups in total. The number of nitrogens with one attached hydrogen (secondary N) is 1. The molecule has 78 valence electrons. The summed E-state index contributed by atoms with van der Waals surface area (Å²) in [7, 11) is 3.90. The van der Waals surface area contributed by atoms with Gasteiger partial charge in [-0.15, -0.1) is 0 Å². The molecule has 0 saturated heterocycles. The number of anilines is 1. The van der Waals surface area contributed by atoms with Gasteiger partial charge in [-0.2, -0.15) is 4.37 Å². The van der Waals surface area contributed by atoms with E-state index in [1.54, 1.807) is 0 Å². The molecule has 0 radical (unpaired) electrons. The van der Waals surface area contributed by atoms with Gasteiger partial charge in [0.2, 0.25) is 5.91 Å². The van der Waals surface area contributed by atoms with Crippen molar-refractivity contribution in [1.82, 2.24) is 9.27 Å². The summed E-state index contributed by atoms with van der Waals surface area (Å²) in [5.41, 5.74) is 0.943. The number of amides is 1. The minimum Gasteiger partial charge on any atom is -0.316 e. The van der Waals surface area contributed by atoms with Gasteiger partial charge in [0, 0.05) is 13.0 Å². The lowest BCUT2D eigenvalue weighted by Gasteiger charge is -2.08. The largest absolute Gasteiger partial charge is 0.316 e. The van der Waals surface area contributed by atoms with Crippen LogP contribution >= 0.6 is 11.5 Å². The first-order valence-corrected chi connectivity index (χ1v) is 5.23. The highest BCUT2D eigenvalue weighted by atomic mass is 32.1. The Morgan fingerprint density at radius 3 is 2.86 bits per heavy atom. The van der Waals surface area contributed by atoms with Gasteiger partial charge in [0.05, 0.1) is 5.69 Å². The molecule has 0 aliphatic rings. The number of hydrogen-bond donors (Lipinski definition) is 1. The molecule has 0 aliphatic heterocycles. The van der Waals surface area contributed by atoms with Gasteiger partial charge in [-0.05, 0) is 38.6 Å². The van der Waals surface area contributed by atoms with Crippen molar-refractivity contribution < 1.29 is 4.79 Å². The van der Waals surface area contributed by atoms with Crippen molar-refractivity contribution in [2.24, 2.45) is 0 Å². The highest BCUT2D eigenvalue weighted by molar-refractivity contribution is 7.10. The molecule has 1 aromatic heterocycles. The summed E-state index contributed by atoms with van der Waals surface area (Å²) in [6.07, 6.45) is 0.518. The van der Waals surface area contributed by atoms with E-state index >= 15 is 0 Å². The fraction of sp³-hybridized carbons (Fsp3) is 0.556. The third kappa shape index (κ3) is 3.85. The third-order valence-electron chi connectivity index (χ3n) is 1.68. The van der Waals surface area contributed by atoms with Crippen LogP contribution in [0.4, 0.5) is 5.00 Å². The molecule has 0 aromatic carbocycles. The van der Waals surface area contributed by atoms with Crippen LogP contribution < -0.4 is 5.32 Å². The Morgan fingerprint density at radius 2 is 2.36 bits per heavy atom. The van der Waals surface area contributed by atoms with Gasteiger partial charge in [0.25, 0.3) is 0 Å². The van der Waals surface area contributed by atoms with Gasteiger partial charge in [-0.1, -0.05) is 0 Å². The van der Waals surface area contributed by atoms with Crippen molar-refractivity contribution in [2.45, 2.75) is 13.3 Å². The molecule has 0 aliphatic carbocycles. The van der Waals surface area contributed by atoms with E-state index in [0.717, 1.165) is 17.2 Å². The van der Waals surface area contributed by atoms with Gasteiger partial charge in [-0.3, -0.25) is 4.79 Å². The number of aromatic nitrogens is 1. The molecule has 0 fully saturated rings. The first kappa shape index (κ1) is 11.1. The van der Waals surface area contributed by atoms with Crippen LogP contribution in [0.3, 0.4) is 0 Å². The zero-order valence-electron chi connectivity index (χ0n) is 8.70. The van der Waals surface area contributed by atoms with Crippen LogP contribution in [-0.4, -0.2) is 35.8 Å². The van der Waals surface area contributed by atoms with Crippen molar-refractivity contribution >= 4 is 22.4 Å². The Kier molecular flexibility index (Phi) is 4.03. The summed E-state index contributed by atoms with van der Waals surface area (Å²) in [6.45, 7) is 2.68. The maximum Gasteiger partial charge on any atom is 0.226 e. The zero-order chi connectivity index (χ0) is 10.6. The summed E-state index contributed by atoms with van der Waals surface area (Å²) < 4.78 is 4.08. The number of hydrogen-bond acceptors (Lipinski definition) is 4. The van der Waals surface area contributed by atoms with Crippen LogP contribution in [0.5, 0.6) is 0 Å². The second kappa shape index (κ2) is 5.07. The fourth-order valence-electron chi connectivity index (χ4n) is 0.948. The SMILES string of the molecule is Cc1cc(NC(=O)CCN(C)C)sn1. The van der Waals surface area contributed by atoms with Crippen molar-refractivity contribution in [3.63, 3.8) is 0 Å². The number of aryl methyl sites for hydroxylation is 1. The van der Waals surface area contributed by atoms with E-state index in [0.29, 0.717) is 6.42 Å². The topological polar surface area (TPSA) is 45.2 Å². The average Bonchev–Trinajstić information content (AvgIpc) is 2.48. The average molecular weight is 213 g/mol. The lowest BCUT2D eigenvalue weighted by molar-refractivity contribution is -0.116. The standard InChI is InChI=1S/C9H15N3OS/c1-7-6-9(14-11-7)10-8(13)4-5-12(2)3/h6H,4-5H2,1-3H3,(H,10,13). The van der Waals surface area contributed by atoms with E-state index in [1.807, 2.05) is 32.0 Å². The molecule has 0 spiro atoms. The second-order valence-electron chi connectivity index (χ2n) is 3.43. The molecule has 14 heavy (non-hydrogen) atoms. The van der Waals surface area contributed by atoms with Crippen molar-refractivity contribution in [3.8, 4) is 0 Å². The molecule has 0 bridgehead atoms. The van der Waals surface area contributed by atoms with Crippen molar-refractivity contribution in [3.05, 3.63) is 11.8 Å². The van der Waals surface area contributed by atoms with E-state index in [1.165, 1.54) is 11.5 Å². The summed E-state index contributed by atoms with van der Waals surface area (Å²) in [5, 5.41) is 3.63. The first-order chi connectivity index (χ1) is 6.58. The van der Waals surface area contributed by atoms with E-state index in [4.69, 9.17) is 0 Å². The molecule has 0 unspecified atom stereocenters. The van der Waals surface area contributed by atoms with Crippen LogP contribution in [0.2, 0.25) is 0 Å². The third-order valence-corrected chi connectivity index (χ3v) is 2.47. The Balaban J connectivity index is 2.34. The molecular weight excluding hydrogens is 198 g/mol. The molecule has 4 nitrogen and oxygen atoms in total. The van der Waals surface area contributed by atoms with Gasteiger partial charge < -0.3 is 10.2 Å². The number of carbonyl (C=O) groups excluding carboxylic acids is 1. The minimum absolute atomic E-state index is 0.0438. The lowest BCUT2D eigenvalue weighted by Crippen LogP contribution is -2.20. The predicted octanol–water partition coefficient (Wildman–Crippen LogP) is 1.34. The maximum absolute atomic E-state index is 11.4. The van der Waals surface area contributed by atoms with E-state index in [9.17, 15) is 4.79 Å². The van der Waals surface area contributed by atoms with Gasteiger partial charge in [-0.25, -0.2) is 0 Å². The van der Waals surface area contributed by atoms with E-state index < -0.39 is 0 Å². The maximum atomic E-state index is 11.4. The van der Waals surface area contributed by atoms with Crippen LogP contribution in [-0.2, 0) is 4.79 Å². The molecule has 1 heterocycles. The molecule has 1 amide bonds. The van der Waals surface area contributed by atoms with Crippen molar-refractivity contribution in [1.29, 1.82) is 0 Å². The smallest absolute Gasteiger partial charge is 0.226 e. The molecule has 5 heteroatoms.